The molecule has 1 atom stereocenters. The van der Waals surface area contributed by atoms with E-state index in [9.17, 15) is 0 Å². The van der Waals surface area contributed by atoms with Crippen molar-refractivity contribution in [1.82, 2.24) is 4.98 Å². The highest BCUT2D eigenvalue weighted by Gasteiger charge is 2.12. The van der Waals surface area contributed by atoms with Crippen LogP contribution < -0.4 is 5.73 Å². The summed E-state index contributed by atoms with van der Waals surface area (Å²) in [6, 6.07) is 10.2. The van der Waals surface area contributed by atoms with Crippen molar-refractivity contribution in [3.8, 4) is 0 Å². The molecule has 1 aromatic carbocycles. The number of rotatable bonds is 2. The van der Waals surface area contributed by atoms with Crippen molar-refractivity contribution in [2.45, 2.75) is 26.8 Å². The second-order valence-electron chi connectivity index (χ2n) is 4.50. The monoisotopic (exact) mass is 226 g/mol. The first-order valence-electron chi connectivity index (χ1n) is 5.84. The van der Waals surface area contributed by atoms with E-state index in [1.807, 2.05) is 19.2 Å². The Bertz CT molecular complexity index is 515. The lowest BCUT2D eigenvalue weighted by molar-refractivity contribution is 0.849. The molecule has 0 saturated heterocycles. The van der Waals surface area contributed by atoms with Crippen LogP contribution in [0.5, 0.6) is 0 Å². The molecule has 0 bridgehead atoms. The van der Waals surface area contributed by atoms with Crippen LogP contribution in [0.4, 0.5) is 0 Å². The van der Waals surface area contributed by atoms with Gasteiger partial charge in [-0.05, 0) is 49.1 Å². The van der Waals surface area contributed by atoms with Crippen LogP contribution in [0.15, 0.2) is 36.5 Å². The first-order valence-corrected chi connectivity index (χ1v) is 5.84. The third-order valence-electron chi connectivity index (χ3n) is 3.27. The Morgan fingerprint density at radius 1 is 1.06 bits per heavy atom. The summed E-state index contributed by atoms with van der Waals surface area (Å²) in [6.07, 6.45) is 1.86. The summed E-state index contributed by atoms with van der Waals surface area (Å²) >= 11 is 0. The number of hydrogen-bond acceptors (Lipinski definition) is 2. The topological polar surface area (TPSA) is 38.9 Å². The third-order valence-corrected chi connectivity index (χ3v) is 3.27. The van der Waals surface area contributed by atoms with Gasteiger partial charge in [-0.15, -0.1) is 0 Å². The van der Waals surface area contributed by atoms with Crippen LogP contribution in [0.25, 0.3) is 0 Å². The summed E-state index contributed by atoms with van der Waals surface area (Å²) in [4.78, 5) is 4.30. The molecule has 0 fully saturated rings. The number of benzene rings is 1. The van der Waals surface area contributed by atoms with Crippen LogP contribution in [-0.4, -0.2) is 4.98 Å². The summed E-state index contributed by atoms with van der Waals surface area (Å²) < 4.78 is 0. The Morgan fingerprint density at radius 2 is 1.82 bits per heavy atom. The molecular formula is C15H18N2. The molecule has 0 aliphatic carbocycles. The molecule has 1 aromatic heterocycles. The molecule has 0 aliphatic heterocycles. The molecule has 0 aliphatic rings. The Hall–Kier alpha value is -1.67. The fraction of sp³-hybridized carbons (Fsp3) is 0.267. The highest BCUT2D eigenvalue weighted by molar-refractivity contribution is 5.39. The molecule has 0 spiro atoms. The molecule has 0 saturated carbocycles. The van der Waals surface area contributed by atoms with Gasteiger partial charge in [-0.25, -0.2) is 0 Å². The van der Waals surface area contributed by atoms with Crippen LogP contribution in [0.3, 0.4) is 0 Å². The third kappa shape index (κ3) is 2.37. The first-order chi connectivity index (χ1) is 8.09. The van der Waals surface area contributed by atoms with Crippen molar-refractivity contribution in [3.63, 3.8) is 0 Å². The van der Waals surface area contributed by atoms with E-state index in [0.717, 1.165) is 11.3 Å². The predicted molar refractivity (Wildman–Crippen MR) is 70.9 cm³/mol. The molecule has 0 radical (unpaired) electrons. The molecule has 17 heavy (non-hydrogen) atoms. The average molecular weight is 226 g/mol. The van der Waals surface area contributed by atoms with E-state index in [0.29, 0.717) is 0 Å². The normalized spacial score (nSPS) is 12.5. The Balaban J connectivity index is 2.40. The summed E-state index contributed by atoms with van der Waals surface area (Å²) in [5.74, 6) is 0. The molecule has 2 nitrogen and oxygen atoms in total. The van der Waals surface area contributed by atoms with E-state index in [1.165, 1.54) is 16.7 Å². The van der Waals surface area contributed by atoms with Crippen molar-refractivity contribution in [2.75, 3.05) is 0 Å². The predicted octanol–water partition coefficient (Wildman–Crippen LogP) is 3.05. The van der Waals surface area contributed by atoms with Gasteiger partial charge in [0.25, 0.3) is 0 Å². The molecule has 1 heterocycles. The Kier molecular flexibility index (Phi) is 3.25. The van der Waals surface area contributed by atoms with E-state index in [-0.39, 0.29) is 6.04 Å². The quantitative estimate of drug-likeness (QED) is 0.854. The fourth-order valence-corrected chi connectivity index (χ4v) is 1.95. The van der Waals surface area contributed by atoms with Crippen molar-refractivity contribution in [2.24, 2.45) is 5.73 Å². The van der Waals surface area contributed by atoms with Gasteiger partial charge in [-0.1, -0.05) is 24.3 Å². The molecule has 2 heteroatoms. The molecule has 88 valence electrons. The van der Waals surface area contributed by atoms with Crippen molar-refractivity contribution < 1.29 is 0 Å². The van der Waals surface area contributed by atoms with Crippen LogP contribution in [-0.2, 0) is 0 Å². The number of hydrogen-bond donors (Lipinski definition) is 1. The second kappa shape index (κ2) is 4.68. The highest BCUT2D eigenvalue weighted by Crippen LogP contribution is 2.23. The van der Waals surface area contributed by atoms with E-state index in [1.54, 1.807) is 0 Å². The molecule has 2 aromatic rings. The highest BCUT2D eigenvalue weighted by atomic mass is 14.7. The van der Waals surface area contributed by atoms with Gasteiger partial charge in [0.2, 0.25) is 0 Å². The Labute approximate surface area is 103 Å². The zero-order valence-electron chi connectivity index (χ0n) is 10.6. The van der Waals surface area contributed by atoms with Gasteiger partial charge in [-0.3, -0.25) is 4.98 Å². The van der Waals surface area contributed by atoms with Crippen LogP contribution in [0, 0.1) is 20.8 Å². The van der Waals surface area contributed by atoms with E-state index in [2.05, 4.69) is 43.1 Å². The largest absolute Gasteiger partial charge is 0.320 e. The lowest BCUT2D eigenvalue weighted by atomic mass is 9.94. The van der Waals surface area contributed by atoms with Gasteiger partial charge >= 0.3 is 0 Å². The zero-order valence-corrected chi connectivity index (χ0v) is 10.6. The van der Waals surface area contributed by atoms with Crippen molar-refractivity contribution >= 4 is 0 Å². The number of aromatic nitrogens is 1. The molecular weight excluding hydrogens is 208 g/mol. The minimum absolute atomic E-state index is 0.0944. The van der Waals surface area contributed by atoms with Crippen LogP contribution in [0.2, 0.25) is 0 Å². The SMILES string of the molecule is Cc1ccc(C(N)c2cccc(C)c2C)cn1. The summed E-state index contributed by atoms with van der Waals surface area (Å²) in [5.41, 5.74) is 12.1. The molecule has 1 unspecified atom stereocenters. The minimum Gasteiger partial charge on any atom is -0.320 e. The molecule has 2 N–H and O–H groups in total. The van der Waals surface area contributed by atoms with Gasteiger partial charge in [0.15, 0.2) is 0 Å². The van der Waals surface area contributed by atoms with E-state index >= 15 is 0 Å². The van der Waals surface area contributed by atoms with E-state index < -0.39 is 0 Å². The molecule has 0 amide bonds. The summed E-state index contributed by atoms with van der Waals surface area (Å²) in [6.45, 7) is 6.21. The van der Waals surface area contributed by atoms with Gasteiger partial charge in [-0.2, -0.15) is 0 Å². The van der Waals surface area contributed by atoms with Crippen LogP contribution in [0.1, 0.15) is 34.0 Å². The standard InChI is InChI=1S/C15H18N2/c1-10-5-4-6-14(12(10)3)15(16)13-8-7-11(2)17-9-13/h4-9,15H,16H2,1-3H3. The second-order valence-corrected chi connectivity index (χ2v) is 4.50. The maximum Gasteiger partial charge on any atom is 0.0569 e. The number of pyridine rings is 1. The number of nitrogens with zero attached hydrogens (tertiary/aromatic N) is 1. The minimum atomic E-state index is -0.0944. The Morgan fingerprint density at radius 3 is 2.47 bits per heavy atom. The lowest BCUT2D eigenvalue weighted by Gasteiger charge is -2.16. The fourth-order valence-electron chi connectivity index (χ4n) is 1.95. The number of aryl methyl sites for hydroxylation is 2. The van der Waals surface area contributed by atoms with Gasteiger partial charge in [0.1, 0.15) is 0 Å². The van der Waals surface area contributed by atoms with Crippen molar-refractivity contribution in [3.05, 3.63) is 64.5 Å². The van der Waals surface area contributed by atoms with Crippen molar-refractivity contribution in [1.29, 1.82) is 0 Å². The number of nitrogens with two attached hydrogens (primary N) is 1. The average Bonchev–Trinajstić information content (AvgIpc) is 2.33. The van der Waals surface area contributed by atoms with Gasteiger partial charge < -0.3 is 5.73 Å². The summed E-state index contributed by atoms with van der Waals surface area (Å²) in [7, 11) is 0. The maximum atomic E-state index is 6.30. The lowest BCUT2D eigenvalue weighted by Crippen LogP contribution is -2.14. The zero-order chi connectivity index (χ0) is 12.4. The smallest absolute Gasteiger partial charge is 0.0569 e. The van der Waals surface area contributed by atoms with Gasteiger partial charge in [0.05, 0.1) is 6.04 Å². The first kappa shape index (κ1) is 11.8. The maximum absolute atomic E-state index is 6.30. The molecule has 2 rings (SSSR count). The van der Waals surface area contributed by atoms with E-state index in [4.69, 9.17) is 5.73 Å². The summed E-state index contributed by atoms with van der Waals surface area (Å²) in [5, 5.41) is 0. The van der Waals surface area contributed by atoms with Crippen LogP contribution >= 0.6 is 0 Å². The van der Waals surface area contributed by atoms with Gasteiger partial charge in [0, 0.05) is 11.9 Å².